The van der Waals surface area contributed by atoms with Gasteiger partial charge in [0.05, 0.1) is 11.9 Å². The maximum atomic E-state index is 5.21. The summed E-state index contributed by atoms with van der Waals surface area (Å²) >= 11 is 7.35. The number of ether oxygens (including phenoxy) is 1. The molecule has 2 heterocycles. The van der Waals surface area contributed by atoms with Crippen LogP contribution in [0.3, 0.4) is 0 Å². The number of alkyl halides is 1. The lowest BCUT2D eigenvalue weighted by Gasteiger charge is -2.06. The molecule has 0 aromatic carbocycles. The minimum Gasteiger partial charge on any atom is -0.496 e. The van der Waals surface area contributed by atoms with Crippen LogP contribution in [0.25, 0.3) is 0 Å². The van der Waals surface area contributed by atoms with Gasteiger partial charge in [-0.2, -0.15) is 0 Å². The summed E-state index contributed by atoms with van der Waals surface area (Å²) in [5.41, 5.74) is 1.36. The quantitative estimate of drug-likeness (QED) is 0.730. The monoisotopic (exact) mass is 316 g/mol. The van der Waals surface area contributed by atoms with Gasteiger partial charge in [-0.15, -0.1) is 22.7 Å². The van der Waals surface area contributed by atoms with Crippen molar-refractivity contribution in [3.63, 3.8) is 0 Å². The number of halogens is 1. The summed E-state index contributed by atoms with van der Waals surface area (Å²) in [7, 11) is 1.70. The largest absolute Gasteiger partial charge is 0.496 e. The molecule has 1 atom stereocenters. The Morgan fingerprint density at radius 2 is 2.06 bits per heavy atom. The van der Waals surface area contributed by atoms with E-state index in [4.69, 9.17) is 4.74 Å². The van der Waals surface area contributed by atoms with E-state index in [9.17, 15) is 0 Å². The predicted octanol–water partition coefficient (Wildman–Crippen LogP) is 4.92. The van der Waals surface area contributed by atoms with Gasteiger partial charge in [-0.25, -0.2) is 0 Å². The zero-order valence-electron chi connectivity index (χ0n) is 9.41. The Kier molecular flexibility index (Phi) is 3.72. The summed E-state index contributed by atoms with van der Waals surface area (Å²) in [5.74, 6) is 0.940. The highest BCUT2D eigenvalue weighted by Crippen LogP contribution is 2.41. The van der Waals surface area contributed by atoms with Crippen molar-refractivity contribution in [3.8, 4) is 5.75 Å². The van der Waals surface area contributed by atoms with E-state index in [1.54, 1.807) is 18.4 Å². The van der Waals surface area contributed by atoms with Crippen LogP contribution in [-0.4, -0.2) is 7.11 Å². The van der Waals surface area contributed by atoms with Gasteiger partial charge < -0.3 is 4.74 Å². The standard InChI is InChI=1S/C12H13BrOS2/c1-7-4-8(2)16-12(7)11(13)10-5-9(14-3)6-15-10/h4-6,11H,1-3H3. The van der Waals surface area contributed by atoms with Gasteiger partial charge in [0, 0.05) is 20.0 Å². The van der Waals surface area contributed by atoms with E-state index in [1.165, 1.54) is 20.2 Å². The molecular formula is C12H13BrOS2. The van der Waals surface area contributed by atoms with Gasteiger partial charge in [-0.3, -0.25) is 0 Å². The van der Waals surface area contributed by atoms with Crippen molar-refractivity contribution in [2.75, 3.05) is 7.11 Å². The van der Waals surface area contributed by atoms with E-state index in [0.717, 1.165) is 5.75 Å². The topological polar surface area (TPSA) is 9.23 Å². The first-order valence-corrected chi connectivity index (χ1v) is 7.56. The van der Waals surface area contributed by atoms with Crippen LogP contribution in [-0.2, 0) is 0 Å². The van der Waals surface area contributed by atoms with E-state index in [-0.39, 0.29) is 0 Å². The summed E-state index contributed by atoms with van der Waals surface area (Å²) in [6, 6.07) is 4.33. The Morgan fingerprint density at radius 3 is 2.56 bits per heavy atom. The lowest BCUT2D eigenvalue weighted by molar-refractivity contribution is 0.416. The third kappa shape index (κ3) is 2.34. The molecule has 1 unspecified atom stereocenters. The predicted molar refractivity (Wildman–Crippen MR) is 75.4 cm³/mol. The smallest absolute Gasteiger partial charge is 0.129 e. The molecule has 2 aromatic heterocycles. The lowest BCUT2D eigenvalue weighted by atomic mass is 10.2. The molecule has 0 spiro atoms. The highest BCUT2D eigenvalue weighted by Gasteiger charge is 2.17. The SMILES string of the molecule is COc1csc(C(Br)c2sc(C)cc2C)c1. The molecule has 0 amide bonds. The van der Waals surface area contributed by atoms with Crippen LogP contribution >= 0.6 is 38.6 Å². The highest BCUT2D eigenvalue weighted by atomic mass is 79.9. The Labute approximate surface area is 112 Å². The summed E-state index contributed by atoms with van der Waals surface area (Å²) in [5, 5.41) is 2.04. The third-order valence-electron chi connectivity index (χ3n) is 2.39. The molecule has 0 fully saturated rings. The van der Waals surface area contributed by atoms with Crippen LogP contribution in [0.1, 0.15) is 25.0 Å². The van der Waals surface area contributed by atoms with Crippen LogP contribution in [0.2, 0.25) is 0 Å². The fourth-order valence-corrected chi connectivity index (χ4v) is 4.66. The van der Waals surface area contributed by atoms with Crippen molar-refractivity contribution < 1.29 is 4.74 Å². The molecule has 0 aliphatic heterocycles. The molecule has 86 valence electrons. The zero-order valence-corrected chi connectivity index (χ0v) is 12.6. The first-order chi connectivity index (χ1) is 7.61. The lowest BCUT2D eigenvalue weighted by Crippen LogP contribution is -1.87. The zero-order chi connectivity index (χ0) is 11.7. The number of hydrogen-bond acceptors (Lipinski definition) is 3. The van der Waals surface area contributed by atoms with Gasteiger partial charge >= 0.3 is 0 Å². The van der Waals surface area contributed by atoms with Crippen molar-refractivity contribution in [1.29, 1.82) is 0 Å². The molecule has 0 saturated carbocycles. The second-order valence-electron chi connectivity index (χ2n) is 3.66. The first-order valence-electron chi connectivity index (χ1n) is 4.95. The van der Waals surface area contributed by atoms with Crippen molar-refractivity contribution in [1.82, 2.24) is 0 Å². The molecule has 2 aromatic rings. The normalized spacial score (nSPS) is 12.8. The summed E-state index contributed by atoms with van der Waals surface area (Å²) in [4.78, 5) is 4.34. The second-order valence-corrected chi connectivity index (χ2v) is 6.80. The van der Waals surface area contributed by atoms with E-state index in [0.29, 0.717) is 4.83 Å². The van der Waals surface area contributed by atoms with Crippen LogP contribution in [0.15, 0.2) is 17.5 Å². The number of thiophene rings is 2. The Bertz CT molecular complexity index is 487. The van der Waals surface area contributed by atoms with Crippen LogP contribution in [0.5, 0.6) is 5.75 Å². The van der Waals surface area contributed by atoms with E-state index in [2.05, 4.69) is 41.9 Å². The van der Waals surface area contributed by atoms with Gasteiger partial charge in [0.25, 0.3) is 0 Å². The van der Waals surface area contributed by atoms with Gasteiger partial charge in [-0.05, 0) is 31.5 Å². The molecule has 4 heteroatoms. The van der Waals surface area contributed by atoms with E-state index >= 15 is 0 Å². The molecule has 0 aliphatic rings. The molecule has 0 saturated heterocycles. The van der Waals surface area contributed by atoms with Crippen molar-refractivity contribution >= 4 is 38.6 Å². The van der Waals surface area contributed by atoms with Crippen molar-refractivity contribution in [2.45, 2.75) is 18.7 Å². The van der Waals surface area contributed by atoms with E-state index in [1.807, 2.05) is 16.7 Å². The van der Waals surface area contributed by atoms with Gasteiger partial charge in [-0.1, -0.05) is 15.9 Å². The molecular weight excluding hydrogens is 304 g/mol. The molecule has 0 bridgehead atoms. The number of rotatable bonds is 3. The van der Waals surface area contributed by atoms with Crippen LogP contribution in [0, 0.1) is 13.8 Å². The van der Waals surface area contributed by atoms with Gasteiger partial charge in [0.2, 0.25) is 0 Å². The summed E-state index contributed by atoms with van der Waals surface area (Å²) < 4.78 is 5.21. The Balaban J connectivity index is 2.31. The van der Waals surface area contributed by atoms with Crippen molar-refractivity contribution in [2.24, 2.45) is 0 Å². The number of aryl methyl sites for hydroxylation is 2. The fourth-order valence-electron chi connectivity index (χ4n) is 1.61. The molecule has 0 aliphatic carbocycles. The van der Waals surface area contributed by atoms with Crippen molar-refractivity contribution in [3.05, 3.63) is 37.7 Å². The number of methoxy groups -OCH3 is 1. The maximum Gasteiger partial charge on any atom is 0.129 e. The van der Waals surface area contributed by atoms with Crippen LogP contribution < -0.4 is 4.74 Å². The van der Waals surface area contributed by atoms with Crippen LogP contribution in [0.4, 0.5) is 0 Å². The average Bonchev–Trinajstić information content (AvgIpc) is 2.84. The average molecular weight is 317 g/mol. The molecule has 0 radical (unpaired) electrons. The minimum absolute atomic E-state index is 0.292. The van der Waals surface area contributed by atoms with Gasteiger partial charge in [0.15, 0.2) is 0 Å². The molecule has 2 rings (SSSR count). The number of hydrogen-bond donors (Lipinski definition) is 0. The second kappa shape index (κ2) is 4.90. The molecule has 0 N–H and O–H groups in total. The third-order valence-corrected chi connectivity index (χ3v) is 6.14. The minimum atomic E-state index is 0.292. The molecule has 16 heavy (non-hydrogen) atoms. The highest BCUT2D eigenvalue weighted by molar-refractivity contribution is 9.09. The van der Waals surface area contributed by atoms with Gasteiger partial charge in [0.1, 0.15) is 5.75 Å². The fraction of sp³-hybridized carbons (Fsp3) is 0.333. The van der Waals surface area contributed by atoms with E-state index < -0.39 is 0 Å². The Hall–Kier alpha value is -0.320. The summed E-state index contributed by atoms with van der Waals surface area (Å²) in [6.07, 6.45) is 0. The molecule has 1 nitrogen and oxygen atoms in total. The maximum absolute atomic E-state index is 5.21. The summed E-state index contributed by atoms with van der Waals surface area (Å²) in [6.45, 7) is 4.31. The first kappa shape index (κ1) is 12.1. The Morgan fingerprint density at radius 1 is 1.31 bits per heavy atom.